The highest BCUT2D eigenvalue weighted by molar-refractivity contribution is 9.10. The predicted octanol–water partition coefficient (Wildman–Crippen LogP) is 1.72. The molecule has 0 aromatic carbocycles. The minimum absolute atomic E-state index is 0.850. The normalized spacial score (nSPS) is 15.9. The molecule has 14 heavy (non-hydrogen) atoms. The van der Waals surface area contributed by atoms with Gasteiger partial charge in [-0.2, -0.15) is 0 Å². The average Bonchev–Trinajstić information content (AvgIpc) is 2.19. The largest absolute Gasteiger partial charge is 0.359 e. The van der Waals surface area contributed by atoms with E-state index in [1.807, 2.05) is 18.2 Å². The Morgan fingerprint density at radius 1 is 1.50 bits per heavy atom. The summed E-state index contributed by atoms with van der Waals surface area (Å²) < 4.78 is 0.893. The van der Waals surface area contributed by atoms with E-state index in [9.17, 15) is 0 Å². The minimum atomic E-state index is 0.850. The van der Waals surface area contributed by atoms with Crippen LogP contribution in [0.5, 0.6) is 0 Å². The first-order valence-corrected chi connectivity index (χ1v) is 5.37. The lowest BCUT2D eigenvalue weighted by atomic mass is 10.3. The first kappa shape index (κ1) is 9.68. The maximum absolute atomic E-state index is 4.38. The molecule has 1 aromatic heterocycles. The molecule has 0 fully saturated rings. The van der Waals surface area contributed by atoms with Gasteiger partial charge < -0.3 is 4.90 Å². The fourth-order valence-corrected chi connectivity index (χ4v) is 1.78. The van der Waals surface area contributed by atoms with Gasteiger partial charge >= 0.3 is 0 Å². The van der Waals surface area contributed by atoms with Crippen LogP contribution in [-0.4, -0.2) is 23.1 Å². The molecule has 0 spiro atoms. The van der Waals surface area contributed by atoms with Crippen molar-refractivity contribution in [3.05, 3.63) is 40.8 Å². The topological polar surface area (TPSA) is 28.2 Å². The Morgan fingerprint density at radius 2 is 2.43 bits per heavy atom. The van der Waals surface area contributed by atoms with E-state index in [4.69, 9.17) is 0 Å². The van der Waals surface area contributed by atoms with Crippen LogP contribution in [0.4, 0.5) is 0 Å². The van der Waals surface area contributed by atoms with Crippen LogP contribution in [0.25, 0.3) is 0 Å². The molecule has 74 valence electrons. The van der Waals surface area contributed by atoms with Crippen LogP contribution < -0.4 is 5.32 Å². The summed E-state index contributed by atoms with van der Waals surface area (Å²) in [5.74, 6) is 0. The highest BCUT2D eigenvalue weighted by Gasteiger charge is 2.04. The fourth-order valence-electron chi connectivity index (χ4n) is 1.40. The number of pyridine rings is 1. The van der Waals surface area contributed by atoms with Gasteiger partial charge in [-0.3, -0.25) is 5.32 Å². The first-order chi connectivity index (χ1) is 6.84. The Balaban J connectivity index is 2.02. The molecule has 0 radical (unpaired) electrons. The van der Waals surface area contributed by atoms with Crippen LogP contribution >= 0.6 is 15.9 Å². The molecule has 0 atom stereocenters. The highest BCUT2D eigenvalue weighted by Crippen LogP contribution is 2.08. The van der Waals surface area contributed by atoms with Crippen LogP contribution in [0.2, 0.25) is 0 Å². The second-order valence-corrected chi connectivity index (χ2v) is 4.01. The summed E-state index contributed by atoms with van der Waals surface area (Å²) in [7, 11) is 0. The summed E-state index contributed by atoms with van der Waals surface area (Å²) in [6.07, 6.45) is 4.22. The second-order valence-electron chi connectivity index (χ2n) is 3.20. The average molecular weight is 254 g/mol. The molecule has 0 bridgehead atoms. The molecule has 4 heteroatoms. The van der Waals surface area contributed by atoms with Gasteiger partial charge in [-0.25, -0.2) is 4.98 Å². The van der Waals surface area contributed by atoms with E-state index in [0.717, 1.165) is 30.1 Å². The summed E-state index contributed by atoms with van der Waals surface area (Å²) in [5, 5.41) is 3.27. The summed E-state index contributed by atoms with van der Waals surface area (Å²) in [6.45, 7) is 2.70. The number of hydrogen-bond acceptors (Lipinski definition) is 3. The third kappa shape index (κ3) is 2.56. The Kier molecular flexibility index (Phi) is 3.16. The van der Waals surface area contributed by atoms with Gasteiger partial charge in [0.25, 0.3) is 0 Å². The zero-order valence-corrected chi connectivity index (χ0v) is 9.37. The van der Waals surface area contributed by atoms with Crippen molar-refractivity contribution < 1.29 is 0 Å². The van der Waals surface area contributed by atoms with Crippen molar-refractivity contribution in [2.75, 3.05) is 13.2 Å². The smallest absolute Gasteiger partial charge is 0.106 e. The van der Waals surface area contributed by atoms with Gasteiger partial charge in [0.15, 0.2) is 0 Å². The van der Waals surface area contributed by atoms with E-state index in [1.54, 1.807) is 0 Å². The van der Waals surface area contributed by atoms with Crippen LogP contribution in [0.3, 0.4) is 0 Å². The van der Waals surface area contributed by atoms with Crippen molar-refractivity contribution in [2.24, 2.45) is 0 Å². The Labute approximate surface area is 92.0 Å². The molecule has 0 amide bonds. The molecular weight excluding hydrogens is 242 g/mol. The lowest BCUT2D eigenvalue weighted by Crippen LogP contribution is -2.33. The zero-order chi connectivity index (χ0) is 9.80. The third-order valence-electron chi connectivity index (χ3n) is 2.03. The maximum Gasteiger partial charge on any atom is 0.106 e. The van der Waals surface area contributed by atoms with Gasteiger partial charge in [0, 0.05) is 6.54 Å². The van der Waals surface area contributed by atoms with Crippen LogP contribution in [-0.2, 0) is 6.54 Å². The molecule has 1 N–H and O–H groups in total. The van der Waals surface area contributed by atoms with Crippen molar-refractivity contribution in [3.63, 3.8) is 0 Å². The van der Waals surface area contributed by atoms with Crippen molar-refractivity contribution in [1.29, 1.82) is 0 Å². The number of rotatable bonds is 2. The van der Waals surface area contributed by atoms with E-state index in [0.29, 0.717) is 0 Å². The Morgan fingerprint density at radius 3 is 3.14 bits per heavy atom. The van der Waals surface area contributed by atoms with Crippen molar-refractivity contribution >= 4 is 15.9 Å². The highest BCUT2D eigenvalue weighted by atomic mass is 79.9. The SMILES string of the molecule is Brc1cccc(CN2C=CCNC2)n1. The lowest BCUT2D eigenvalue weighted by Gasteiger charge is -2.23. The molecule has 1 aromatic rings. The standard InChI is InChI=1S/C10H12BrN3/c11-10-4-1-3-9(13-10)7-14-6-2-5-12-8-14/h1-4,6,12H,5,7-8H2. The predicted molar refractivity (Wildman–Crippen MR) is 59.5 cm³/mol. The molecule has 2 heterocycles. The number of nitrogens with one attached hydrogen (secondary N) is 1. The van der Waals surface area contributed by atoms with Crippen LogP contribution in [0, 0.1) is 0 Å². The maximum atomic E-state index is 4.38. The van der Waals surface area contributed by atoms with Crippen LogP contribution in [0.1, 0.15) is 5.69 Å². The second kappa shape index (κ2) is 4.57. The third-order valence-corrected chi connectivity index (χ3v) is 2.47. The van der Waals surface area contributed by atoms with Crippen molar-refractivity contribution in [3.8, 4) is 0 Å². The van der Waals surface area contributed by atoms with Gasteiger partial charge in [0.2, 0.25) is 0 Å². The summed E-state index contributed by atoms with van der Waals surface area (Å²) in [4.78, 5) is 6.57. The van der Waals surface area contributed by atoms with Crippen molar-refractivity contribution in [2.45, 2.75) is 6.54 Å². The van der Waals surface area contributed by atoms with Gasteiger partial charge in [0.05, 0.1) is 18.9 Å². The van der Waals surface area contributed by atoms with Crippen LogP contribution in [0.15, 0.2) is 35.1 Å². The first-order valence-electron chi connectivity index (χ1n) is 4.57. The quantitative estimate of drug-likeness (QED) is 0.814. The number of nitrogens with zero attached hydrogens (tertiary/aromatic N) is 2. The molecule has 0 unspecified atom stereocenters. The zero-order valence-electron chi connectivity index (χ0n) is 7.78. The summed E-state index contributed by atoms with van der Waals surface area (Å²) in [6, 6.07) is 5.98. The van der Waals surface area contributed by atoms with Gasteiger partial charge in [-0.05, 0) is 34.3 Å². The van der Waals surface area contributed by atoms with Crippen molar-refractivity contribution in [1.82, 2.24) is 15.2 Å². The van der Waals surface area contributed by atoms with E-state index in [-0.39, 0.29) is 0 Å². The number of aromatic nitrogens is 1. The number of hydrogen-bond donors (Lipinski definition) is 1. The lowest BCUT2D eigenvalue weighted by molar-refractivity contribution is 0.324. The van der Waals surface area contributed by atoms with Gasteiger partial charge in [-0.15, -0.1) is 0 Å². The molecule has 0 saturated heterocycles. The monoisotopic (exact) mass is 253 g/mol. The Bertz CT molecular complexity index is 338. The summed E-state index contributed by atoms with van der Waals surface area (Å²) >= 11 is 3.36. The number of halogens is 1. The summed E-state index contributed by atoms with van der Waals surface area (Å²) in [5.41, 5.74) is 1.08. The van der Waals surface area contributed by atoms with Gasteiger partial charge in [0.1, 0.15) is 4.60 Å². The molecule has 3 nitrogen and oxygen atoms in total. The van der Waals surface area contributed by atoms with E-state index >= 15 is 0 Å². The molecule has 0 aliphatic carbocycles. The minimum Gasteiger partial charge on any atom is -0.359 e. The van der Waals surface area contributed by atoms with E-state index < -0.39 is 0 Å². The molecule has 2 rings (SSSR count). The van der Waals surface area contributed by atoms with Gasteiger partial charge in [-0.1, -0.05) is 12.1 Å². The molecule has 1 aliphatic rings. The fraction of sp³-hybridized carbons (Fsp3) is 0.300. The molecular formula is C10H12BrN3. The van der Waals surface area contributed by atoms with E-state index in [2.05, 4.69) is 43.4 Å². The Hall–Kier alpha value is -0.870. The van der Waals surface area contributed by atoms with E-state index in [1.165, 1.54) is 0 Å². The molecule has 0 saturated carbocycles. The molecule has 1 aliphatic heterocycles.